The van der Waals surface area contributed by atoms with Crippen molar-refractivity contribution in [3.8, 4) is 0 Å². The van der Waals surface area contributed by atoms with Crippen LogP contribution in [0.2, 0.25) is 0 Å². The smallest absolute Gasteiger partial charge is 0.217 e. The van der Waals surface area contributed by atoms with E-state index >= 15 is 0 Å². The van der Waals surface area contributed by atoms with Gasteiger partial charge in [-0.2, -0.15) is 0 Å². The van der Waals surface area contributed by atoms with Crippen molar-refractivity contribution in [2.75, 3.05) is 6.61 Å². The van der Waals surface area contributed by atoms with Crippen LogP contribution in [0.25, 0.3) is 0 Å². The van der Waals surface area contributed by atoms with Crippen LogP contribution >= 0.6 is 0 Å². The SMILES string of the molecule is CC(=O)N[C@H]1[C@H](O)[C@H](O)CO[C@H]1O. The molecule has 0 unspecified atom stereocenters. The van der Waals surface area contributed by atoms with E-state index in [1.807, 2.05) is 0 Å². The third kappa shape index (κ3) is 2.38. The van der Waals surface area contributed by atoms with Crippen molar-refractivity contribution in [2.24, 2.45) is 0 Å². The first-order valence-electron chi connectivity index (χ1n) is 3.95. The zero-order chi connectivity index (χ0) is 10.0. The van der Waals surface area contributed by atoms with E-state index in [0.717, 1.165) is 0 Å². The van der Waals surface area contributed by atoms with E-state index in [0.29, 0.717) is 0 Å². The summed E-state index contributed by atoms with van der Waals surface area (Å²) in [5.41, 5.74) is 0. The summed E-state index contributed by atoms with van der Waals surface area (Å²) in [6.45, 7) is 1.11. The number of hydrogen-bond donors (Lipinski definition) is 4. The standard InChI is InChI=1S/C7H13NO5/c1-3(9)8-5-6(11)4(10)2-13-7(5)12/h4-7,10-12H,2H2,1H3,(H,8,9)/t4-,5+,6-,7-/m1/s1. The van der Waals surface area contributed by atoms with Crippen molar-refractivity contribution in [1.82, 2.24) is 5.32 Å². The minimum Gasteiger partial charge on any atom is -0.388 e. The molecule has 0 bridgehead atoms. The molecule has 0 spiro atoms. The lowest BCUT2D eigenvalue weighted by atomic mass is 10.0. The van der Waals surface area contributed by atoms with Crippen molar-refractivity contribution >= 4 is 5.91 Å². The molecule has 1 rings (SSSR count). The number of aliphatic hydroxyl groups is 3. The van der Waals surface area contributed by atoms with Gasteiger partial charge in [0.15, 0.2) is 6.29 Å². The molecule has 0 aromatic carbocycles. The minimum absolute atomic E-state index is 0.140. The Kier molecular flexibility index (Phi) is 3.21. The van der Waals surface area contributed by atoms with Gasteiger partial charge in [-0.3, -0.25) is 4.79 Å². The monoisotopic (exact) mass is 191 g/mol. The van der Waals surface area contributed by atoms with Crippen LogP contribution in [0.15, 0.2) is 0 Å². The van der Waals surface area contributed by atoms with E-state index in [-0.39, 0.29) is 6.61 Å². The fourth-order valence-electron chi connectivity index (χ4n) is 1.20. The van der Waals surface area contributed by atoms with Crippen LogP contribution in [-0.2, 0) is 9.53 Å². The summed E-state index contributed by atoms with van der Waals surface area (Å²) in [6, 6.07) is -0.971. The average Bonchev–Trinajstić information content (AvgIpc) is 2.05. The van der Waals surface area contributed by atoms with Crippen LogP contribution in [0.1, 0.15) is 6.92 Å². The Hall–Kier alpha value is -0.690. The number of amides is 1. The van der Waals surface area contributed by atoms with E-state index in [1.54, 1.807) is 0 Å². The summed E-state index contributed by atoms with van der Waals surface area (Å²) >= 11 is 0. The van der Waals surface area contributed by atoms with Crippen LogP contribution < -0.4 is 5.32 Å². The van der Waals surface area contributed by atoms with Crippen molar-refractivity contribution < 1.29 is 24.9 Å². The van der Waals surface area contributed by atoms with Gasteiger partial charge in [0.05, 0.1) is 6.61 Å². The molecule has 0 aromatic rings. The molecule has 1 aliphatic rings. The van der Waals surface area contributed by atoms with Gasteiger partial charge in [0.25, 0.3) is 0 Å². The van der Waals surface area contributed by atoms with Crippen molar-refractivity contribution in [2.45, 2.75) is 31.5 Å². The van der Waals surface area contributed by atoms with Crippen LogP contribution in [0.5, 0.6) is 0 Å². The van der Waals surface area contributed by atoms with E-state index in [9.17, 15) is 15.0 Å². The van der Waals surface area contributed by atoms with Crippen LogP contribution in [0.3, 0.4) is 0 Å². The molecular weight excluding hydrogens is 178 g/mol. The van der Waals surface area contributed by atoms with Gasteiger partial charge in [-0.05, 0) is 0 Å². The Balaban J connectivity index is 2.60. The van der Waals surface area contributed by atoms with E-state index in [4.69, 9.17) is 9.84 Å². The maximum Gasteiger partial charge on any atom is 0.217 e. The van der Waals surface area contributed by atoms with Gasteiger partial charge in [-0.1, -0.05) is 0 Å². The summed E-state index contributed by atoms with van der Waals surface area (Å²) in [5, 5.41) is 30.0. The fraction of sp³-hybridized carbons (Fsp3) is 0.857. The largest absolute Gasteiger partial charge is 0.388 e. The third-order valence-electron chi connectivity index (χ3n) is 1.88. The first-order chi connectivity index (χ1) is 6.02. The lowest BCUT2D eigenvalue weighted by Crippen LogP contribution is -2.60. The number of ether oxygens (including phenoxy) is 1. The number of carbonyl (C=O) groups excluding carboxylic acids is 1. The van der Waals surface area contributed by atoms with Crippen LogP contribution in [0.4, 0.5) is 0 Å². The average molecular weight is 191 g/mol. The highest BCUT2D eigenvalue weighted by atomic mass is 16.6. The van der Waals surface area contributed by atoms with Crippen LogP contribution in [0, 0.1) is 0 Å². The van der Waals surface area contributed by atoms with Crippen molar-refractivity contribution in [3.05, 3.63) is 0 Å². The predicted molar refractivity (Wildman–Crippen MR) is 41.6 cm³/mol. The Morgan fingerprint density at radius 2 is 2.08 bits per heavy atom. The lowest BCUT2D eigenvalue weighted by Gasteiger charge is -2.35. The van der Waals surface area contributed by atoms with E-state index in [2.05, 4.69) is 5.32 Å². The molecule has 76 valence electrons. The normalized spacial score (nSPS) is 40.0. The van der Waals surface area contributed by atoms with Crippen LogP contribution in [-0.4, -0.2) is 52.4 Å². The predicted octanol–water partition coefficient (Wildman–Crippen LogP) is -2.44. The zero-order valence-corrected chi connectivity index (χ0v) is 7.17. The summed E-state index contributed by atoms with van der Waals surface area (Å²) < 4.78 is 4.70. The van der Waals surface area contributed by atoms with Gasteiger partial charge in [0.1, 0.15) is 18.2 Å². The molecule has 0 aromatic heterocycles. The quantitative estimate of drug-likeness (QED) is 0.369. The number of carbonyl (C=O) groups is 1. The zero-order valence-electron chi connectivity index (χ0n) is 7.17. The van der Waals surface area contributed by atoms with Gasteiger partial charge < -0.3 is 25.4 Å². The van der Waals surface area contributed by atoms with Gasteiger partial charge in [0, 0.05) is 6.92 Å². The van der Waals surface area contributed by atoms with E-state index < -0.39 is 30.4 Å². The second-order valence-corrected chi connectivity index (χ2v) is 3.01. The summed E-state index contributed by atoms with van der Waals surface area (Å²) in [7, 11) is 0. The summed E-state index contributed by atoms with van der Waals surface area (Å²) in [6.07, 6.45) is -3.56. The van der Waals surface area contributed by atoms with Gasteiger partial charge in [-0.15, -0.1) is 0 Å². The van der Waals surface area contributed by atoms with Crippen molar-refractivity contribution in [3.63, 3.8) is 0 Å². The van der Waals surface area contributed by atoms with E-state index in [1.165, 1.54) is 6.92 Å². The highest BCUT2D eigenvalue weighted by molar-refractivity contribution is 5.73. The molecule has 1 saturated heterocycles. The second-order valence-electron chi connectivity index (χ2n) is 3.01. The molecule has 0 saturated carbocycles. The molecule has 1 aliphatic heterocycles. The Bertz CT molecular complexity index is 197. The number of nitrogens with one attached hydrogen (secondary N) is 1. The maximum atomic E-state index is 10.6. The molecule has 1 fully saturated rings. The number of hydrogen-bond acceptors (Lipinski definition) is 5. The number of aliphatic hydroxyl groups excluding tert-OH is 3. The Labute approximate surface area is 75.1 Å². The van der Waals surface area contributed by atoms with Gasteiger partial charge in [-0.25, -0.2) is 0 Å². The Morgan fingerprint density at radius 3 is 2.62 bits per heavy atom. The molecular formula is C7H13NO5. The third-order valence-corrected chi connectivity index (χ3v) is 1.88. The highest BCUT2D eigenvalue weighted by Crippen LogP contribution is 2.13. The molecule has 4 atom stereocenters. The minimum atomic E-state index is -1.28. The number of rotatable bonds is 1. The first kappa shape index (κ1) is 10.4. The molecule has 6 heteroatoms. The summed E-state index contributed by atoms with van der Waals surface area (Å²) in [4.78, 5) is 10.6. The topological polar surface area (TPSA) is 99.0 Å². The fourth-order valence-corrected chi connectivity index (χ4v) is 1.20. The lowest BCUT2D eigenvalue weighted by molar-refractivity contribution is -0.212. The molecule has 4 N–H and O–H groups in total. The molecule has 1 heterocycles. The van der Waals surface area contributed by atoms with Gasteiger partial charge >= 0.3 is 0 Å². The molecule has 13 heavy (non-hydrogen) atoms. The first-order valence-corrected chi connectivity index (χ1v) is 3.95. The molecule has 1 amide bonds. The molecule has 6 nitrogen and oxygen atoms in total. The second kappa shape index (κ2) is 4.01. The molecule has 0 aliphatic carbocycles. The summed E-state index contributed by atoms with van der Waals surface area (Å²) in [5.74, 6) is -0.402. The maximum absolute atomic E-state index is 10.6. The molecule has 0 radical (unpaired) electrons. The highest BCUT2D eigenvalue weighted by Gasteiger charge is 2.38. The Morgan fingerprint density at radius 1 is 1.46 bits per heavy atom. The van der Waals surface area contributed by atoms with Gasteiger partial charge in [0.2, 0.25) is 5.91 Å². The van der Waals surface area contributed by atoms with Crippen molar-refractivity contribution in [1.29, 1.82) is 0 Å².